The average molecular weight is 323 g/mol. The predicted molar refractivity (Wildman–Crippen MR) is 96.0 cm³/mol. The van der Waals surface area contributed by atoms with Gasteiger partial charge >= 0.3 is 0 Å². The SMILES string of the molecule is Cc1ccc(-c2ccc(C(=O)N[C@@H]3C4CCN(CC4)[C@@H]3C)[nH]2)cc1. The van der Waals surface area contributed by atoms with E-state index in [-0.39, 0.29) is 11.9 Å². The Bertz CT molecular complexity index is 724. The van der Waals surface area contributed by atoms with Gasteiger partial charge < -0.3 is 10.3 Å². The molecule has 0 unspecified atom stereocenters. The molecule has 1 aromatic carbocycles. The fourth-order valence-electron chi connectivity index (χ4n) is 4.20. The molecule has 1 amide bonds. The number of amides is 1. The topological polar surface area (TPSA) is 48.1 Å². The monoisotopic (exact) mass is 323 g/mol. The summed E-state index contributed by atoms with van der Waals surface area (Å²) in [7, 11) is 0. The maximum Gasteiger partial charge on any atom is 0.267 e. The Morgan fingerprint density at radius 1 is 1.12 bits per heavy atom. The molecule has 0 radical (unpaired) electrons. The Kier molecular flexibility index (Phi) is 3.93. The van der Waals surface area contributed by atoms with Crippen LogP contribution in [0.25, 0.3) is 11.3 Å². The minimum Gasteiger partial charge on any atom is -0.351 e. The van der Waals surface area contributed by atoms with Crippen molar-refractivity contribution in [3.8, 4) is 11.3 Å². The lowest BCUT2D eigenvalue weighted by Gasteiger charge is -2.49. The van der Waals surface area contributed by atoms with E-state index in [9.17, 15) is 4.79 Å². The van der Waals surface area contributed by atoms with Crippen LogP contribution in [0.2, 0.25) is 0 Å². The van der Waals surface area contributed by atoms with E-state index >= 15 is 0 Å². The standard InChI is InChI=1S/C20H25N3O/c1-13-3-5-15(6-4-13)17-7-8-18(21-17)20(24)22-19-14(2)23-11-9-16(19)10-12-23/h3-8,14,16,19,21H,9-12H2,1-2H3,(H,22,24)/t14-,19+/m1/s1. The van der Waals surface area contributed by atoms with Gasteiger partial charge in [0.2, 0.25) is 0 Å². The smallest absolute Gasteiger partial charge is 0.267 e. The van der Waals surface area contributed by atoms with Crippen molar-refractivity contribution in [3.63, 3.8) is 0 Å². The molecule has 0 saturated carbocycles. The number of nitrogens with zero attached hydrogens (tertiary/aromatic N) is 1. The maximum absolute atomic E-state index is 12.7. The summed E-state index contributed by atoms with van der Waals surface area (Å²) in [5.74, 6) is 0.638. The number of aromatic amines is 1. The molecule has 2 aromatic rings. The second kappa shape index (κ2) is 6.10. The molecule has 0 aliphatic carbocycles. The minimum absolute atomic E-state index is 0.0129. The predicted octanol–water partition coefficient (Wildman–Crippen LogP) is 3.20. The fourth-order valence-corrected chi connectivity index (χ4v) is 4.20. The lowest BCUT2D eigenvalue weighted by molar-refractivity contribution is 0.0216. The van der Waals surface area contributed by atoms with Crippen LogP contribution < -0.4 is 5.32 Å². The van der Waals surface area contributed by atoms with Gasteiger partial charge in [-0.05, 0) is 63.4 Å². The van der Waals surface area contributed by atoms with Gasteiger partial charge in [-0.15, -0.1) is 0 Å². The average Bonchev–Trinajstić information content (AvgIpc) is 3.09. The van der Waals surface area contributed by atoms with Crippen molar-refractivity contribution < 1.29 is 4.79 Å². The Labute approximate surface area is 143 Å². The third-order valence-corrected chi connectivity index (χ3v) is 5.77. The first-order valence-corrected chi connectivity index (χ1v) is 8.93. The molecule has 4 heterocycles. The number of H-pyrrole nitrogens is 1. The summed E-state index contributed by atoms with van der Waals surface area (Å²) in [6, 6.07) is 12.9. The summed E-state index contributed by atoms with van der Waals surface area (Å²) in [6.07, 6.45) is 2.41. The van der Waals surface area contributed by atoms with Crippen LogP contribution in [0.5, 0.6) is 0 Å². The molecule has 1 aromatic heterocycles. The molecule has 126 valence electrons. The van der Waals surface area contributed by atoms with E-state index in [2.05, 4.69) is 53.3 Å². The first-order valence-electron chi connectivity index (χ1n) is 8.93. The van der Waals surface area contributed by atoms with E-state index in [1.807, 2.05) is 12.1 Å². The Morgan fingerprint density at radius 3 is 2.50 bits per heavy atom. The van der Waals surface area contributed by atoms with Crippen LogP contribution in [0.3, 0.4) is 0 Å². The van der Waals surface area contributed by atoms with Crippen molar-refractivity contribution in [2.75, 3.05) is 13.1 Å². The van der Waals surface area contributed by atoms with Crippen LogP contribution in [0.4, 0.5) is 0 Å². The van der Waals surface area contributed by atoms with Gasteiger partial charge in [0.05, 0.1) is 0 Å². The fraction of sp³-hybridized carbons (Fsp3) is 0.450. The van der Waals surface area contributed by atoms with Crippen molar-refractivity contribution in [2.24, 2.45) is 5.92 Å². The highest BCUT2D eigenvalue weighted by molar-refractivity contribution is 5.93. The summed E-state index contributed by atoms with van der Waals surface area (Å²) in [6.45, 7) is 6.67. The van der Waals surface area contributed by atoms with Gasteiger partial charge in [-0.25, -0.2) is 0 Å². The molecule has 0 spiro atoms. The summed E-state index contributed by atoms with van der Waals surface area (Å²) in [4.78, 5) is 18.4. The molecule has 4 heteroatoms. The van der Waals surface area contributed by atoms with Crippen molar-refractivity contribution in [3.05, 3.63) is 47.7 Å². The third kappa shape index (κ3) is 2.75. The van der Waals surface area contributed by atoms with Gasteiger partial charge in [0.15, 0.2) is 0 Å². The zero-order chi connectivity index (χ0) is 16.7. The lowest BCUT2D eigenvalue weighted by atomic mass is 9.79. The molecule has 24 heavy (non-hydrogen) atoms. The highest BCUT2D eigenvalue weighted by atomic mass is 16.2. The van der Waals surface area contributed by atoms with Gasteiger partial charge in [0.25, 0.3) is 5.91 Å². The molecule has 2 atom stereocenters. The molecule has 3 fully saturated rings. The molecule has 3 aliphatic heterocycles. The zero-order valence-corrected chi connectivity index (χ0v) is 14.4. The largest absolute Gasteiger partial charge is 0.351 e. The Balaban J connectivity index is 1.48. The van der Waals surface area contributed by atoms with Crippen LogP contribution in [-0.4, -0.2) is 41.0 Å². The summed E-state index contributed by atoms with van der Waals surface area (Å²) < 4.78 is 0. The van der Waals surface area contributed by atoms with Crippen LogP contribution in [0.1, 0.15) is 35.8 Å². The highest BCUT2D eigenvalue weighted by Gasteiger charge is 2.40. The van der Waals surface area contributed by atoms with Gasteiger partial charge in [0.1, 0.15) is 5.69 Å². The van der Waals surface area contributed by atoms with E-state index < -0.39 is 0 Å². The molecule has 3 aliphatic rings. The second-order valence-corrected chi connectivity index (χ2v) is 7.26. The lowest BCUT2D eigenvalue weighted by Crippen LogP contribution is -2.62. The number of rotatable bonds is 3. The quantitative estimate of drug-likeness (QED) is 0.911. The molecule has 4 nitrogen and oxygen atoms in total. The summed E-state index contributed by atoms with van der Waals surface area (Å²) in [5, 5.41) is 3.28. The van der Waals surface area contributed by atoms with Crippen LogP contribution in [0.15, 0.2) is 36.4 Å². The number of aryl methyl sites for hydroxylation is 1. The first-order chi connectivity index (χ1) is 11.6. The van der Waals surface area contributed by atoms with E-state index in [1.165, 1.54) is 31.5 Å². The maximum atomic E-state index is 12.7. The van der Waals surface area contributed by atoms with Crippen LogP contribution >= 0.6 is 0 Å². The second-order valence-electron chi connectivity index (χ2n) is 7.26. The van der Waals surface area contributed by atoms with Gasteiger partial charge in [-0.1, -0.05) is 29.8 Å². The number of piperidine rings is 3. The number of carbonyl (C=O) groups is 1. The normalized spacial score (nSPS) is 28.8. The van der Waals surface area contributed by atoms with Gasteiger partial charge in [-0.2, -0.15) is 0 Å². The molecular weight excluding hydrogens is 298 g/mol. The van der Waals surface area contributed by atoms with Crippen molar-refractivity contribution in [2.45, 2.75) is 38.8 Å². The number of carbonyl (C=O) groups excluding carboxylic acids is 1. The third-order valence-electron chi connectivity index (χ3n) is 5.77. The summed E-state index contributed by atoms with van der Waals surface area (Å²) in [5.41, 5.74) is 3.98. The van der Waals surface area contributed by atoms with Crippen LogP contribution in [-0.2, 0) is 0 Å². The zero-order valence-electron chi connectivity index (χ0n) is 14.4. The molecule has 2 N–H and O–H groups in total. The number of nitrogens with one attached hydrogen (secondary N) is 2. The number of benzene rings is 1. The number of fused-ring (bicyclic) bond motifs is 3. The number of hydrogen-bond acceptors (Lipinski definition) is 2. The highest BCUT2D eigenvalue weighted by Crippen LogP contribution is 2.32. The number of hydrogen-bond donors (Lipinski definition) is 2. The van der Waals surface area contributed by atoms with E-state index in [4.69, 9.17) is 0 Å². The summed E-state index contributed by atoms with van der Waals surface area (Å²) >= 11 is 0. The van der Waals surface area contributed by atoms with E-state index in [0.717, 1.165) is 11.3 Å². The van der Waals surface area contributed by atoms with Crippen molar-refractivity contribution >= 4 is 5.91 Å². The van der Waals surface area contributed by atoms with Crippen LogP contribution in [0, 0.1) is 12.8 Å². The van der Waals surface area contributed by atoms with Crippen molar-refractivity contribution in [1.29, 1.82) is 0 Å². The number of aromatic nitrogens is 1. The van der Waals surface area contributed by atoms with E-state index in [1.54, 1.807) is 0 Å². The van der Waals surface area contributed by atoms with E-state index in [0.29, 0.717) is 17.7 Å². The Morgan fingerprint density at radius 2 is 1.83 bits per heavy atom. The van der Waals surface area contributed by atoms with Crippen molar-refractivity contribution in [1.82, 2.24) is 15.2 Å². The first kappa shape index (κ1) is 15.5. The molecule has 2 bridgehead atoms. The molecule has 3 saturated heterocycles. The molecule has 5 rings (SSSR count). The van der Waals surface area contributed by atoms with Gasteiger partial charge in [0, 0.05) is 17.8 Å². The minimum atomic E-state index is 0.0129. The van der Waals surface area contributed by atoms with Gasteiger partial charge in [-0.3, -0.25) is 9.69 Å². The molecular formula is C20H25N3O. The Hall–Kier alpha value is -2.07.